The Morgan fingerprint density at radius 2 is 1.88 bits per heavy atom. The lowest BCUT2D eigenvalue weighted by molar-refractivity contribution is -0.614. The van der Waals surface area contributed by atoms with Gasteiger partial charge in [0.2, 0.25) is 0 Å². The van der Waals surface area contributed by atoms with Gasteiger partial charge in [0.1, 0.15) is 0 Å². The minimum atomic E-state index is -0.765. The van der Waals surface area contributed by atoms with E-state index in [1.165, 1.54) is 6.20 Å². The summed E-state index contributed by atoms with van der Waals surface area (Å²) in [7, 11) is 0. The van der Waals surface area contributed by atoms with E-state index >= 15 is 0 Å². The summed E-state index contributed by atoms with van der Waals surface area (Å²) in [4.78, 5) is 0. The summed E-state index contributed by atoms with van der Waals surface area (Å²) in [6, 6.07) is 12.2. The van der Waals surface area contributed by atoms with Crippen LogP contribution in [0.25, 0.3) is 0 Å². The summed E-state index contributed by atoms with van der Waals surface area (Å²) in [5.74, 6) is 0. The number of hydrogen-bond donors (Lipinski definition) is 2. The first-order valence-electron chi connectivity index (χ1n) is 5.38. The fraction of sp³-hybridized carbons (Fsp3) is 0.154. The van der Waals surface area contributed by atoms with Crippen LogP contribution >= 0.6 is 0 Å². The second-order valence-electron chi connectivity index (χ2n) is 3.87. The molecule has 17 heavy (non-hydrogen) atoms. The molecule has 4 heteroatoms. The molecule has 88 valence electrons. The van der Waals surface area contributed by atoms with Gasteiger partial charge in [0.05, 0.1) is 12.5 Å². The number of nitrogen functional groups attached to an aromatic ring is 1. The number of nitrogens with zero attached hydrogens (tertiary/aromatic N) is 1. The third-order valence-corrected chi connectivity index (χ3v) is 2.66. The van der Waals surface area contributed by atoms with Crippen molar-refractivity contribution in [3.8, 4) is 0 Å². The van der Waals surface area contributed by atoms with Crippen molar-refractivity contribution in [2.75, 3.05) is 5.73 Å². The molecule has 2 aromatic rings. The zero-order valence-electron chi connectivity index (χ0n) is 9.28. The first-order chi connectivity index (χ1) is 8.18. The maximum absolute atomic E-state index is 11.4. The maximum Gasteiger partial charge on any atom is 0.195 e. The van der Waals surface area contributed by atoms with E-state index < -0.39 is 6.10 Å². The Labute approximate surface area is 99.5 Å². The Morgan fingerprint density at radius 1 is 1.18 bits per heavy atom. The van der Waals surface area contributed by atoms with Crippen molar-refractivity contribution in [2.45, 2.75) is 12.5 Å². The Kier molecular flexibility index (Phi) is 3.25. The standard InChI is InChI=1S/C13H14N2O2/c14-12-7-2-1-6-11(12)13(16)9-10-5-3-4-8-15(10)17/h1-8,13,16H,9,14H2. The van der Waals surface area contributed by atoms with Gasteiger partial charge in [-0.25, -0.2) is 0 Å². The molecule has 0 aliphatic carbocycles. The van der Waals surface area contributed by atoms with E-state index in [4.69, 9.17) is 5.73 Å². The lowest BCUT2D eigenvalue weighted by Crippen LogP contribution is -2.31. The first-order valence-corrected chi connectivity index (χ1v) is 5.38. The molecule has 0 bridgehead atoms. The van der Waals surface area contributed by atoms with Crippen LogP contribution in [0, 0.1) is 5.21 Å². The van der Waals surface area contributed by atoms with Gasteiger partial charge in [-0.2, -0.15) is 4.73 Å². The predicted molar refractivity (Wildman–Crippen MR) is 64.9 cm³/mol. The number of rotatable bonds is 3. The van der Waals surface area contributed by atoms with Gasteiger partial charge in [0.15, 0.2) is 11.9 Å². The van der Waals surface area contributed by atoms with Gasteiger partial charge >= 0.3 is 0 Å². The summed E-state index contributed by atoms with van der Waals surface area (Å²) in [6.45, 7) is 0. The van der Waals surface area contributed by atoms with Crippen LogP contribution in [-0.4, -0.2) is 5.11 Å². The highest BCUT2D eigenvalue weighted by Gasteiger charge is 2.15. The molecule has 1 aromatic heterocycles. The molecule has 0 aliphatic heterocycles. The Bertz CT molecular complexity index is 514. The Morgan fingerprint density at radius 3 is 2.59 bits per heavy atom. The maximum atomic E-state index is 11.4. The number of aliphatic hydroxyl groups excluding tert-OH is 1. The fourth-order valence-electron chi connectivity index (χ4n) is 1.74. The van der Waals surface area contributed by atoms with E-state index in [9.17, 15) is 10.3 Å². The van der Waals surface area contributed by atoms with Crippen LogP contribution in [0.1, 0.15) is 17.4 Å². The van der Waals surface area contributed by atoms with Gasteiger partial charge in [-0.05, 0) is 6.07 Å². The summed E-state index contributed by atoms with van der Waals surface area (Å²) in [5, 5.41) is 21.5. The van der Waals surface area contributed by atoms with E-state index in [2.05, 4.69) is 0 Å². The van der Waals surface area contributed by atoms with Crippen LogP contribution in [0.4, 0.5) is 5.69 Å². The van der Waals surface area contributed by atoms with Gasteiger partial charge in [-0.1, -0.05) is 24.3 Å². The highest BCUT2D eigenvalue weighted by Crippen LogP contribution is 2.22. The molecule has 1 atom stereocenters. The van der Waals surface area contributed by atoms with Crippen molar-refractivity contribution in [3.05, 3.63) is 65.1 Å². The fourth-order valence-corrected chi connectivity index (χ4v) is 1.74. The van der Waals surface area contributed by atoms with Gasteiger partial charge in [-0.15, -0.1) is 0 Å². The van der Waals surface area contributed by atoms with Crippen molar-refractivity contribution >= 4 is 5.69 Å². The number of pyridine rings is 1. The van der Waals surface area contributed by atoms with E-state index in [-0.39, 0.29) is 6.42 Å². The molecule has 0 amide bonds. The molecule has 4 nitrogen and oxygen atoms in total. The number of nitrogens with two attached hydrogens (primary N) is 1. The highest BCUT2D eigenvalue weighted by molar-refractivity contribution is 5.47. The number of anilines is 1. The van der Waals surface area contributed by atoms with E-state index in [0.29, 0.717) is 16.9 Å². The molecule has 0 saturated carbocycles. The van der Waals surface area contributed by atoms with Crippen molar-refractivity contribution in [3.63, 3.8) is 0 Å². The van der Waals surface area contributed by atoms with Crippen LogP contribution in [-0.2, 0) is 6.42 Å². The number of aromatic nitrogens is 1. The number of aliphatic hydroxyl groups is 1. The van der Waals surface area contributed by atoms with Gasteiger partial charge < -0.3 is 16.0 Å². The molecule has 2 rings (SSSR count). The highest BCUT2D eigenvalue weighted by atomic mass is 16.5. The lowest BCUT2D eigenvalue weighted by atomic mass is 10.0. The third-order valence-electron chi connectivity index (χ3n) is 2.66. The quantitative estimate of drug-likeness (QED) is 0.472. The minimum Gasteiger partial charge on any atom is -0.619 e. The van der Waals surface area contributed by atoms with Crippen LogP contribution in [0.2, 0.25) is 0 Å². The van der Waals surface area contributed by atoms with Crippen LogP contribution < -0.4 is 10.5 Å². The second-order valence-corrected chi connectivity index (χ2v) is 3.87. The Balaban J connectivity index is 2.20. The molecule has 1 unspecified atom stereocenters. The van der Waals surface area contributed by atoms with E-state index in [1.54, 1.807) is 30.3 Å². The zero-order valence-corrected chi connectivity index (χ0v) is 9.28. The average molecular weight is 230 g/mol. The summed E-state index contributed by atoms with van der Waals surface area (Å²) < 4.78 is 0.752. The predicted octanol–water partition coefficient (Wildman–Crippen LogP) is 1.18. The van der Waals surface area contributed by atoms with Crippen molar-refractivity contribution < 1.29 is 9.84 Å². The first kappa shape index (κ1) is 11.4. The molecular weight excluding hydrogens is 216 g/mol. The van der Waals surface area contributed by atoms with Crippen molar-refractivity contribution in [1.82, 2.24) is 0 Å². The Hall–Kier alpha value is -2.07. The van der Waals surface area contributed by atoms with Crippen molar-refractivity contribution in [2.24, 2.45) is 0 Å². The molecule has 0 saturated heterocycles. The number of hydrogen-bond acceptors (Lipinski definition) is 3. The molecule has 3 N–H and O–H groups in total. The van der Waals surface area contributed by atoms with Crippen molar-refractivity contribution in [1.29, 1.82) is 0 Å². The normalized spacial score (nSPS) is 12.3. The SMILES string of the molecule is Nc1ccccc1C(O)Cc1cccc[n+]1[O-]. The molecule has 0 spiro atoms. The average Bonchev–Trinajstić information content (AvgIpc) is 2.32. The van der Waals surface area contributed by atoms with E-state index in [0.717, 1.165) is 4.73 Å². The molecule has 1 heterocycles. The number of para-hydroxylation sites is 1. The lowest BCUT2D eigenvalue weighted by Gasteiger charge is -2.12. The molecule has 0 aliphatic rings. The topological polar surface area (TPSA) is 73.2 Å². The third kappa shape index (κ3) is 2.54. The van der Waals surface area contributed by atoms with E-state index in [1.807, 2.05) is 12.1 Å². The van der Waals surface area contributed by atoms with Crippen LogP contribution in [0.3, 0.4) is 0 Å². The summed E-state index contributed by atoms with van der Waals surface area (Å²) in [5.41, 5.74) is 7.47. The zero-order chi connectivity index (χ0) is 12.3. The molecular formula is C13H14N2O2. The van der Waals surface area contributed by atoms with Crippen LogP contribution in [0.15, 0.2) is 48.7 Å². The summed E-state index contributed by atoms with van der Waals surface area (Å²) in [6.07, 6.45) is 0.897. The molecule has 1 aromatic carbocycles. The second kappa shape index (κ2) is 4.84. The number of benzene rings is 1. The largest absolute Gasteiger partial charge is 0.619 e. The van der Waals surface area contributed by atoms with Gasteiger partial charge in [0, 0.05) is 23.4 Å². The van der Waals surface area contributed by atoms with Crippen LogP contribution in [0.5, 0.6) is 0 Å². The smallest absolute Gasteiger partial charge is 0.195 e. The van der Waals surface area contributed by atoms with Gasteiger partial charge in [-0.3, -0.25) is 0 Å². The monoisotopic (exact) mass is 230 g/mol. The summed E-state index contributed by atoms with van der Waals surface area (Å²) >= 11 is 0. The minimum absolute atomic E-state index is 0.249. The molecule has 0 radical (unpaired) electrons. The molecule has 0 fully saturated rings. The van der Waals surface area contributed by atoms with Gasteiger partial charge in [0.25, 0.3) is 0 Å².